The maximum absolute atomic E-state index is 13.4. The van der Waals surface area contributed by atoms with Crippen LogP contribution in [0.25, 0.3) is 23.0 Å². The third-order valence-electron chi connectivity index (χ3n) is 6.43. The van der Waals surface area contributed by atoms with E-state index in [0.29, 0.717) is 41.4 Å². The number of carbonyl (C=O) groups excluding carboxylic acids is 2. The molecule has 0 aliphatic carbocycles. The molecule has 8 nitrogen and oxygen atoms in total. The van der Waals surface area contributed by atoms with Gasteiger partial charge in [-0.05, 0) is 55.8 Å². The van der Waals surface area contributed by atoms with E-state index in [2.05, 4.69) is 15.6 Å². The lowest BCUT2D eigenvalue weighted by Crippen LogP contribution is -2.35. The minimum Gasteiger partial charge on any atom is -0.351 e. The number of hydrogen-bond donors (Lipinski definition) is 2. The second kappa shape index (κ2) is 12.9. The molecule has 0 aliphatic rings. The summed E-state index contributed by atoms with van der Waals surface area (Å²) >= 11 is 6.14. The number of aromatic nitrogens is 4. The quantitative estimate of drug-likeness (QED) is 0.169. The Hall–Kier alpha value is -4.95. The molecule has 41 heavy (non-hydrogen) atoms. The van der Waals surface area contributed by atoms with Gasteiger partial charge in [0, 0.05) is 53.4 Å². The highest BCUT2D eigenvalue weighted by molar-refractivity contribution is 6.30. The minimum atomic E-state index is -0.398. The second-order valence-electron chi connectivity index (χ2n) is 9.51. The summed E-state index contributed by atoms with van der Waals surface area (Å²) in [6, 6.07) is 24.2. The summed E-state index contributed by atoms with van der Waals surface area (Å²) < 4.78 is 3.69. The van der Waals surface area contributed by atoms with Crippen LogP contribution >= 0.6 is 11.6 Å². The lowest BCUT2D eigenvalue weighted by Gasteiger charge is -2.12. The van der Waals surface area contributed by atoms with Crippen LogP contribution in [0.1, 0.15) is 27.9 Å². The molecule has 0 radical (unpaired) electrons. The smallest absolute Gasteiger partial charge is 0.267 e. The highest BCUT2D eigenvalue weighted by Crippen LogP contribution is 2.27. The van der Waals surface area contributed by atoms with Gasteiger partial charge in [-0.3, -0.25) is 9.59 Å². The normalized spacial score (nSPS) is 11.3. The first-order valence-corrected chi connectivity index (χ1v) is 13.6. The first-order valence-electron chi connectivity index (χ1n) is 13.2. The van der Waals surface area contributed by atoms with Crippen LogP contribution in [0, 0.1) is 6.92 Å². The van der Waals surface area contributed by atoms with E-state index in [9.17, 15) is 9.59 Å². The van der Waals surface area contributed by atoms with E-state index >= 15 is 0 Å². The maximum atomic E-state index is 13.4. The SMILES string of the molecule is Cc1ccc(C(=O)NC(=Cc2cn(-c3ccccc3)nc2-c2ccc(Cl)cc2)C(=O)NCCCn2ccnc2)cc1. The van der Waals surface area contributed by atoms with Crippen LogP contribution < -0.4 is 10.6 Å². The van der Waals surface area contributed by atoms with Crippen molar-refractivity contribution in [1.82, 2.24) is 30.0 Å². The van der Waals surface area contributed by atoms with Crippen LogP contribution in [0.15, 0.2) is 109 Å². The number of imidazole rings is 1. The number of benzene rings is 3. The maximum Gasteiger partial charge on any atom is 0.267 e. The van der Waals surface area contributed by atoms with E-state index in [-0.39, 0.29) is 11.6 Å². The molecular formula is C32H29ClN6O2. The monoisotopic (exact) mass is 564 g/mol. The molecule has 0 fully saturated rings. The molecule has 2 aromatic heterocycles. The summed E-state index contributed by atoms with van der Waals surface area (Å²) in [5, 5.41) is 11.2. The Kier molecular flexibility index (Phi) is 8.71. The van der Waals surface area contributed by atoms with Crippen LogP contribution in [0.4, 0.5) is 0 Å². The predicted octanol–water partition coefficient (Wildman–Crippen LogP) is 5.68. The van der Waals surface area contributed by atoms with Crippen molar-refractivity contribution in [2.75, 3.05) is 6.54 Å². The zero-order valence-corrected chi connectivity index (χ0v) is 23.3. The summed E-state index contributed by atoms with van der Waals surface area (Å²) in [6.07, 6.45) is 9.52. The van der Waals surface area contributed by atoms with Gasteiger partial charge in [-0.1, -0.05) is 59.6 Å². The van der Waals surface area contributed by atoms with Gasteiger partial charge in [0.25, 0.3) is 11.8 Å². The molecule has 5 rings (SSSR count). The zero-order valence-electron chi connectivity index (χ0n) is 22.5. The number of nitrogens with zero attached hydrogens (tertiary/aromatic N) is 4. The van der Waals surface area contributed by atoms with Gasteiger partial charge in [0.2, 0.25) is 0 Å². The molecule has 0 unspecified atom stereocenters. The lowest BCUT2D eigenvalue weighted by atomic mass is 10.1. The molecule has 0 atom stereocenters. The van der Waals surface area contributed by atoms with Crippen molar-refractivity contribution in [2.45, 2.75) is 19.9 Å². The summed E-state index contributed by atoms with van der Waals surface area (Å²) in [7, 11) is 0. The molecule has 5 aromatic rings. The Labute approximate surface area is 243 Å². The van der Waals surface area contributed by atoms with Gasteiger partial charge < -0.3 is 15.2 Å². The Morgan fingerprint density at radius 3 is 2.44 bits per heavy atom. The van der Waals surface area contributed by atoms with Gasteiger partial charge >= 0.3 is 0 Å². The Morgan fingerprint density at radius 2 is 1.73 bits per heavy atom. The zero-order chi connectivity index (χ0) is 28.6. The average Bonchev–Trinajstić information content (AvgIpc) is 3.66. The fourth-order valence-corrected chi connectivity index (χ4v) is 4.36. The number of nitrogens with one attached hydrogen (secondary N) is 2. The van der Waals surface area contributed by atoms with Crippen molar-refractivity contribution in [3.8, 4) is 16.9 Å². The van der Waals surface area contributed by atoms with Crippen LogP contribution in [-0.2, 0) is 11.3 Å². The molecule has 206 valence electrons. The standard InChI is InChI=1S/C32H29ClN6O2/c1-23-8-10-25(11-9-23)31(40)36-29(32(41)35-16-5-18-38-19-17-34-22-38)20-26-21-39(28-6-3-2-4-7-28)37-30(26)24-12-14-27(33)15-13-24/h2-4,6-15,17,19-22H,5,16,18H2,1H3,(H,35,41)(H,36,40). The second-order valence-corrected chi connectivity index (χ2v) is 9.94. The minimum absolute atomic E-state index is 0.112. The highest BCUT2D eigenvalue weighted by Gasteiger charge is 2.18. The molecule has 0 saturated heterocycles. The van der Waals surface area contributed by atoms with Crippen molar-refractivity contribution in [1.29, 1.82) is 0 Å². The molecular weight excluding hydrogens is 536 g/mol. The number of aryl methyl sites for hydroxylation is 2. The molecule has 3 aromatic carbocycles. The number of amides is 2. The van der Waals surface area contributed by atoms with Gasteiger partial charge in [0.05, 0.1) is 12.0 Å². The topological polar surface area (TPSA) is 93.8 Å². The van der Waals surface area contributed by atoms with E-state index in [4.69, 9.17) is 16.7 Å². The van der Waals surface area contributed by atoms with E-state index in [1.807, 2.05) is 78.5 Å². The molecule has 9 heteroatoms. The number of hydrogen-bond acceptors (Lipinski definition) is 4. The molecule has 0 saturated carbocycles. The molecule has 0 spiro atoms. The van der Waals surface area contributed by atoms with Crippen LogP contribution in [-0.4, -0.2) is 37.7 Å². The third kappa shape index (κ3) is 7.17. The fraction of sp³-hybridized carbons (Fsp3) is 0.125. The fourth-order valence-electron chi connectivity index (χ4n) is 4.23. The Balaban J connectivity index is 1.48. The van der Waals surface area contributed by atoms with Crippen molar-refractivity contribution in [3.63, 3.8) is 0 Å². The van der Waals surface area contributed by atoms with Crippen molar-refractivity contribution < 1.29 is 9.59 Å². The van der Waals surface area contributed by atoms with E-state index in [1.165, 1.54) is 0 Å². The van der Waals surface area contributed by atoms with Gasteiger partial charge in [-0.25, -0.2) is 9.67 Å². The summed E-state index contributed by atoms with van der Waals surface area (Å²) in [4.78, 5) is 30.7. The van der Waals surface area contributed by atoms with Crippen molar-refractivity contribution >= 4 is 29.5 Å². The van der Waals surface area contributed by atoms with Gasteiger partial charge in [0.1, 0.15) is 11.4 Å². The van der Waals surface area contributed by atoms with Crippen molar-refractivity contribution in [2.24, 2.45) is 0 Å². The number of carbonyl (C=O) groups is 2. The summed E-state index contributed by atoms with van der Waals surface area (Å²) in [6.45, 7) is 3.08. The molecule has 0 bridgehead atoms. The summed E-state index contributed by atoms with van der Waals surface area (Å²) in [5.41, 5.74) is 4.57. The van der Waals surface area contributed by atoms with Crippen molar-refractivity contribution in [3.05, 3.63) is 131 Å². The van der Waals surface area contributed by atoms with E-state index < -0.39 is 5.91 Å². The van der Waals surface area contributed by atoms with Gasteiger partial charge in [-0.2, -0.15) is 5.10 Å². The first kappa shape index (κ1) is 27.6. The highest BCUT2D eigenvalue weighted by atomic mass is 35.5. The van der Waals surface area contributed by atoms with E-state index in [1.54, 1.807) is 47.5 Å². The number of halogens is 1. The first-order chi connectivity index (χ1) is 20.0. The number of rotatable bonds is 10. The lowest BCUT2D eigenvalue weighted by molar-refractivity contribution is -0.117. The Morgan fingerprint density at radius 1 is 0.976 bits per heavy atom. The summed E-state index contributed by atoms with van der Waals surface area (Å²) in [5.74, 6) is -0.779. The average molecular weight is 565 g/mol. The Bertz CT molecular complexity index is 1640. The third-order valence-corrected chi connectivity index (χ3v) is 6.68. The molecule has 2 N–H and O–H groups in total. The van der Waals surface area contributed by atoms with Crippen LogP contribution in [0.3, 0.4) is 0 Å². The largest absolute Gasteiger partial charge is 0.351 e. The van der Waals surface area contributed by atoms with Crippen LogP contribution in [0.2, 0.25) is 5.02 Å². The van der Waals surface area contributed by atoms with E-state index in [0.717, 1.165) is 16.8 Å². The molecule has 0 aliphatic heterocycles. The van der Waals surface area contributed by atoms with Gasteiger partial charge in [-0.15, -0.1) is 0 Å². The molecule has 2 amide bonds. The van der Waals surface area contributed by atoms with Gasteiger partial charge in [0.15, 0.2) is 0 Å². The van der Waals surface area contributed by atoms with Crippen LogP contribution in [0.5, 0.6) is 0 Å². The number of para-hydroxylation sites is 1. The predicted molar refractivity (Wildman–Crippen MR) is 160 cm³/mol. The molecule has 2 heterocycles.